The molecule has 0 spiro atoms. The Morgan fingerprint density at radius 2 is 1.87 bits per heavy atom. The number of nitrogens with zero attached hydrogens (tertiary/aromatic N) is 2. The van der Waals surface area contributed by atoms with E-state index in [1.807, 2.05) is 30.3 Å². The molecule has 0 radical (unpaired) electrons. The van der Waals surface area contributed by atoms with Gasteiger partial charge in [-0.25, -0.2) is 0 Å². The maximum absolute atomic E-state index is 12.7. The van der Waals surface area contributed by atoms with Crippen molar-refractivity contribution in [3.8, 4) is 0 Å². The van der Waals surface area contributed by atoms with Crippen LogP contribution in [0.1, 0.15) is 27.9 Å². The summed E-state index contributed by atoms with van der Waals surface area (Å²) in [5, 5.41) is 6.46. The molecule has 5 heteroatoms. The van der Waals surface area contributed by atoms with Crippen LogP contribution in [0.4, 0.5) is 5.69 Å². The smallest absolute Gasteiger partial charge is 0.255 e. The summed E-state index contributed by atoms with van der Waals surface area (Å²) in [5.74, 6) is 0.647. The largest absolute Gasteiger partial charge is 0.322 e. The monoisotopic (exact) mass is 406 g/mol. The molecule has 0 saturated carbocycles. The minimum atomic E-state index is -0.0356. The first kappa shape index (κ1) is 21.0. The number of amides is 1. The second-order valence-corrected chi connectivity index (χ2v) is 8.81. The van der Waals surface area contributed by atoms with Gasteiger partial charge in [-0.1, -0.05) is 24.3 Å². The van der Waals surface area contributed by atoms with E-state index < -0.39 is 0 Å². The van der Waals surface area contributed by atoms with Gasteiger partial charge in [0.25, 0.3) is 5.91 Å². The Hall–Kier alpha value is -2.21. The molecular formula is C25H34N4O. The molecule has 2 saturated heterocycles. The average molecular weight is 407 g/mol. The Bertz CT molecular complexity index is 821. The van der Waals surface area contributed by atoms with Crippen molar-refractivity contribution in [2.24, 2.45) is 5.92 Å². The summed E-state index contributed by atoms with van der Waals surface area (Å²) in [6.45, 7) is 7.91. The zero-order valence-electron chi connectivity index (χ0n) is 18.1. The molecule has 1 amide bonds. The van der Waals surface area contributed by atoms with E-state index in [2.05, 4.69) is 45.7 Å². The van der Waals surface area contributed by atoms with Gasteiger partial charge in [-0.15, -0.1) is 0 Å². The normalized spacial score (nSPS) is 20.4. The van der Waals surface area contributed by atoms with Gasteiger partial charge in [0, 0.05) is 44.0 Å². The summed E-state index contributed by atoms with van der Waals surface area (Å²) in [4.78, 5) is 17.6. The van der Waals surface area contributed by atoms with Crippen molar-refractivity contribution in [3.05, 3.63) is 65.2 Å². The summed E-state index contributed by atoms with van der Waals surface area (Å²) in [6.07, 6.45) is 3.31. The standard InChI is InChI=1S/C25H34N4O/c1-28-13-15-29(16-14-28)12-10-20-5-7-24(8-6-20)27-25(30)23-4-2-3-21(18-23)17-22-9-11-26-19-22/h2-8,18,22,26H,9-17,19H2,1H3,(H,27,30). The number of benzene rings is 2. The van der Waals surface area contributed by atoms with Gasteiger partial charge in [-0.05, 0) is 80.7 Å². The van der Waals surface area contributed by atoms with Gasteiger partial charge in [0.15, 0.2) is 0 Å². The third-order valence-electron chi connectivity index (χ3n) is 6.40. The van der Waals surface area contributed by atoms with Crippen molar-refractivity contribution in [1.29, 1.82) is 0 Å². The number of likely N-dealkylation sites (N-methyl/N-ethyl adjacent to an activating group) is 1. The van der Waals surface area contributed by atoms with Crippen molar-refractivity contribution in [1.82, 2.24) is 15.1 Å². The lowest BCUT2D eigenvalue weighted by molar-refractivity contribution is 0.102. The third kappa shape index (κ3) is 5.91. The number of hydrogen-bond donors (Lipinski definition) is 2. The molecule has 1 atom stereocenters. The van der Waals surface area contributed by atoms with Crippen LogP contribution in [0.15, 0.2) is 48.5 Å². The van der Waals surface area contributed by atoms with Crippen molar-refractivity contribution in [2.45, 2.75) is 19.3 Å². The molecule has 2 aromatic rings. The number of carbonyl (C=O) groups excluding carboxylic acids is 1. The Labute approximate surface area is 180 Å². The number of rotatable bonds is 7. The van der Waals surface area contributed by atoms with Gasteiger partial charge < -0.3 is 20.4 Å². The van der Waals surface area contributed by atoms with Gasteiger partial charge >= 0.3 is 0 Å². The van der Waals surface area contributed by atoms with E-state index in [4.69, 9.17) is 0 Å². The van der Waals surface area contributed by atoms with Gasteiger partial charge in [-0.2, -0.15) is 0 Å². The minimum Gasteiger partial charge on any atom is -0.322 e. The maximum atomic E-state index is 12.7. The van der Waals surface area contributed by atoms with Crippen LogP contribution in [0.25, 0.3) is 0 Å². The van der Waals surface area contributed by atoms with Gasteiger partial charge in [0.05, 0.1) is 0 Å². The Morgan fingerprint density at radius 1 is 1.07 bits per heavy atom. The summed E-state index contributed by atoms with van der Waals surface area (Å²) in [5.41, 5.74) is 4.15. The van der Waals surface area contributed by atoms with E-state index in [1.165, 1.54) is 17.5 Å². The molecule has 0 bridgehead atoms. The zero-order valence-corrected chi connectivity index (χ0v) is 18.1. The van der Waals surface area contributed by atoms with Gasteiger partial charge in [-0.3, -0.25) is 4.79 Å². The van der Waals surface area contributed by atoms with Crippen LogP contribution in [0.5, 0.6) is 0 Å². The first-order valence-electron chi connectivity index (χ1n) is 11.3. The molecule has 2 fully saturated rings. The maximum Gasteiger partial charge on any atom is 0.255 e. The fourth-order valence-corrected chi connectivity index (χ4v) is 4.38. The second-order valence-electron chi connectivity index (χ2n) is 8.81. The van der Waals surface area contributed by atoms with Crippen LogP contribution < -0.4 is 10.6 Å². The van der Waals surface area contributed by atoms with E-state index in [1.54, 1.807) is 0 Å². The lowest BCUT2D eigenvalue weighted by Crippen LogP contribution is -2.45. The predicted octanol–water partition coefficient (Wildman–Crippen LogP) is 2.88. The highest BCUT2D eigenvalue weighted by atomic mass is 16.1. The Kier molecular flexibility index (Phi) is 7.16. The number of anilines is 1. The topological polar surface area (TPSA) is 47.6 Å². The van der Waals surface area contributed by atoms with E-state index in [-0.39, 0.29) is 5.91 Å². The lowest BCUT2D eigenvalue weighted by atomic mass is 9.97. The van der Waals surface area contributed by atoms with E-state index in [9.17, 15) is 4.79 Å². The summed E-state index contributed by atoms with van der Waals surface area (Å²) in [6, 6.07) is 16.4. The number of hydrogen-bond acceptors (Lipinski definition) is 4. The number of carbonyl (C=O) groups is 1. The van der Waals surface area contributed by atoms with Crippen molar-refractivity contribution < 1.29 is 4.79 Å². The van der Waals surface area contributed by atoms with Crippen LogP contribution in [0.3, 0.4) is 0 Å². The molecule has 30 heavy (non-hydrogen) atoms. The number of piperazine rings is 1. The molecule has 2 N–H and O–H groups in total. The molecule has 2 aromatic carbocycles. The van der Waals surface area contributed by atoms with Crippen LogP contribution in [-0.4, -0.2) is 68.6 Å². The highest BCUT2D eigenvalue weighted by Gasteiger charge is 2.16. The summed E-state index contributed by atoms with van der Waals surface area (Å²) >= 11 is 0. The zero-order chi connectivity index (χ0) is 20.8. The number of nitrogens with one attached hydrogen (secondary N) is 2. The first-order valence-corrected chi connectivity index (χ1v) is 11.3. The van der Waals surface area contributed by atoms with Crippen molar-refractivity contribution >= 4 is 11.6 Å². The molecule has 4 rings (SSSR count). The third-order valence-corrected chi connectivity index (χ3v) is 6.40. The quantitative estimate of drug-likeness (QED) is 0.742. The Morgan fingerprint density at radius 3 is 2.60 bits per heavy atom. The van der Waals surface area contributed by atoms with E-state index in [0.717, 1.165) is 69.9 Å². The molecule has 2 aliphatic heterocycles. The van der Waals surface area contributed by atoms with Crippen LogP contribution >= 0.6 is 0 Å². The van der Waals surface area contributed by atoms with Crippen molar-refractivity contribution in [3.63, 3.8) is 0 Å². The lowest BCUT2D eigenvalue weighted by Gasteiger charge is -2.32. The molecular weight excluding hydrogens is 372 g/mol. The van der Waals surface area contributed by atoms with Gasteiger partial charge in [0.1, 0.15) is 0 Å². The van der Waals surface area contributed by atoms with E-state index >= 15 is 0 Å². The second kappa shape index (κ2) is 10.2. The summed E-state index contributed by atoms with van der Waals surface area (Å²) in [7, 11) is 2.19. The molecule has 160 valence electrons. The fourth-order valence-electron chi connectivity index (χ4n) is 4.38. The van der Waals surface area contributed by atoms with E-state index in [0.29, 0.717) is 5.92 Å². The highest BCUT2D eigenvalue weighted by molar-refractivity contribution is 6.04. The van der Waals surface area contributed by atoms with Crippen molar-refractivity contribution in [2.75, 3.05) is 58.2 Å². The SMILES string of the molecule is CN1CCN(CCc2ccc(NC(=O)c3cccc(CC4CCNC4)c3)cc2)CC1. The molecule has 0 aromatic heterocycles. The highest BCUT2D eigenvalue weighted by Crippen LogP contribution is 2.18. The van der Waals surface area contributed by atoms with Crippen LogP contribution in [-0.2, 0) is 12.8 Å². The minimum absolute atomic E-state index is 0.0356. The molecule has 5 nitrogen and oxygen atoms in total. The predicted molar refractivity (Wildman–Crippen MR) is 123 cm³/mol. The fraction of sp³-hybridized carbons (Fsp3) is 0.480. The molecule has 1 unspecified atom stereocenters. The Balaban J connectivity index is 1.28. The first-order chi connectivity index (χ1) is 14.7. The summed E-state index contributed by atoms with van der Waals surface area (Å²) < 4.78 is 0. The molecule has 2 aliphatic rings. The molecule has 2 heterocycles. The van der Waals surface area contributed by atoms with Crippen LogP contribution in [0.2, 0.25) is 0 Å². The average Bonchev–Trinajstić information content (AvgIpc) is 3.27. The van der Waals surface area contributed by atoms with Crippen LogP contribution in [0, 0.1) is 5.92 Å². The molecule has 0 aliphatic carbocycles. The van der Waals surface area contributed by atoms with Gasteiger partial charge in [0.2, 0.25) is 0 Å².